The molecule has 250 valence electrons. The summed E-state index contributed by atoms with van der Waals surface area (Å²) in [5.74, 6) is 2.87. The molecule has 0 saturated carbocycles. The molecule has 0 spiro atoms. The lowest BCUT2D eigenvalue weighted by Crippen LogP contribution is -2.27. The number of methoxy groups -OCH3 is 4. The molecule has 0 heterocycles. The standard InChI is InChI=1S/C35H52N2O8/c1-8-11-13-20-44-31-24-28(32(45-21-14-12-9-2)34(43-7)33(31)42-6)35(10-3,25-36)19-15-16-27(37(38)39)22-26-17-18-29(40-4)30(23-26)41-5/h17-18,23-24,27H,8-16,19-22H2,1-7H3. The molecule has 0 aliphatic heterocycles. The van der Waals surface area contributed by atoms with Crippen molar-refractivity contribution in [1.29, 1.82) is 5.26 Å². The number of nitrogens with zero attached hydrogens (tertiary/aromatic N) is 2. The molecule has 45 heavy (non-hydrogen) atoms. The lowest BCUT2D eigenvalue weighted by atomic mass is 9.74. The Bertz CT molecular complexity index is 1250. The second kappa shape index (κ2) is 19.5. The molecule has 0 N–H and O–H groups in total. The molecule has 2 aromatic rings. The largest absolute Gasteiger partial charge is 0.493 e. The summed E-state index contributed by atoms with van der Waals surface area (Å²) in [4.78, 5) is 11.9. The Kier molecular flexibility index (Phi) is 16.2. The van der Waals surface area contributed by atoms with Gasteiger partial charge >= 0.3 is 0 Å². The van der Waals surface area contributed by atoms with Crippen LogP contribution in [0.25, 0.3) is 0 Å². The zero-order chi connectivity index (χ0) is 33.2. The molecule has 0 aliphatic rings. The maximum Gasteiger partial charge on any atom is 0.217 e. The van der Waals surface area contributed by atoms with Gasteiger partial charge in [-0.25, -0.2) is 0 Å². The highest BCUT2D eigenvalue weighted by molar-refractivity contribution is 5.65. The van der Waals surface area contributed by atoms with E-state index in [0.717, 1.165) is 44.1 Å². The van der Waals surface area contributed by atoms with Crippen molar-refractivity contribution >= 4 is 0 Å². The molecule has 2 rings (SSSR count). The van der Waals surface area contributed by atoms with E-state index in [2.05, 4.69) is 19.9 Å². The van der Waals surface area contributed by atoms with Gasteiger partial charge in [0.1, 0.15) is 0 Å². The van der Waals surface area contributed by atoms with Crippen LogP contribution in [0, 0.1) is 21.4 Å². The minimum atomic E-state index is -0.994. The van der Waals surface area contributed by atoms with Gasteiger partial charge in [0.2, 0.25) is 17.5 Å². The quantitative estimate of drug-likeness (QED) is 0.0682. The normalized spacial score (nSPS) is 12.8. The molecule has 10 nitrogen and oxygen atoms in total. The lowest BCUT2D eigenvalue weighted by molar-refractivity contribution is -0.523. The maximum absolute atomic E-state index is 12.1. The molecule has 0 saturated heterocycles. The molecule has 0 fully saturated rings. The van der Waals surface area contributed by atoms with E-state index < -0.39 is 11.5 Å². The molecule has 0 bridgehead atoms. The van der Waals surface area contributed by atoms with E-state index in [1.54, 1.807) is 33.5 Å². The number of nitriles is 1. The third-order valence-electron chi connectivity index (χ3n) is 8.26. The Morgan fingerprint density at radius 2 is 1.44 bits per heavy atom. The fraction of sp³-hybridized carbons (Fsp3) is 0.629. The number of hydrogen-bond donors (Lipinski definition) is 0. The van der Waals surface area contributed by atoms with Crippen molar-refractivity contribution in [2.24, 2.45) is 0 Å². The van der Waals surface area contributed by atoms with Crippen molar-refractivity contribution in [1.82, 2.24) is 0 Å². The first-order valence-electron chi connectivity index (χ1n) is 16.1. The summed E-state index contributed by atoms with van der Waals surface area (Å²) in [6.45, 7) is 7.16. The first-order valence-corrected chi connectivity index (χ1v) is 16.1. The lowest BCUT2D eigenvalue weighted by Gasteiger charge is -2.30. The van der Waals surface area contributed by atoms with Crippen LogP contribution in [-0.2, 0) is 11.8 Å². The van der Waals surface area contributed by atoms with Crippen molar-refractivity contribution in [2.75, 3.05) is 41.7 Å². The second-order valence-corrected chi connectivity index (χ2v) is 11.2. The first-order chi connectivity index (χ1) is 21.8. The van der Waals surface area contributed by atoms with Crippen LogP contribution >= 0.6 is 0 Å². The van der Waals surface area contributed by atoms with Gasteiger partial charge < -0.3 is 28.4 Å². The Hall–Kier alpha value is -3.87. The highest BCUT2D eigenvalue weighted by Gasteiger charge is 2.38. The van der Waals surface area contributed by atoms with Crippen molar-refractivity contribution < 1.29 is 33.3 Å². The van der Waals surface area contributed by atoms with Gasteiger partial charge in [-0.1, -0.05) is 52.5 Å². The zero-order valence-corrected chi connectivity index (χ0v) is 28.2. The Morgan fingerprint density at radius 3 is 1.98 bits per heavy atom. The van der Waals surface area contributed by atoms with Crippen LogP contribution in [0.15, 0.2) is 24.3 Å². The van der Waals surface area contributed by atoms with Gasteiger partial charge in [-0.2, -0.15) is 5.26 Å². The van der Waals surface area contributed by atoms with Crippen LogP contribution in [-0.4, -0.2) is 52.6 Å². The van der Waals surface area contributed by atoms with Crippen LogP contribution in [0.5, 0.6) is 34.5 Å². The Labute approximate surface area is 269 Å². The number of rotatable bonds is 23. The summed E-state index contributed by atoms with van der Waals surface area (Å²) in [5.41, 5.74) is 0.444. The fourth-order valence-corrected chi connectivity index (χ4v) is 5.54. The fourth-order valence-electron chi connectivity index (χ4n) is 5.54. The van der Waals surface area contributed by atoms with Crippen molar-refractivity contribution in [3.63, 3.8) is 0 Å². The highest BCUT2D eigenvalue weighted by Crippen LogP contribution is 2.52. The van der Waals surface area contributed by atoms with E-state index in [1.165, 1.54) is 7.11 Å². The maximum atomic E-state index is 12.1. The van der Waals surface area contributed by atoms with Crippen molar-refractivity contribution in [2.45, 2.75) is 103 Å². The molecule has 2 aromatic carbocycles. The molecule has 0 aromatic heterocycles. The number of nitro groups is 1. The third kappa shape index (κ3) is 10.1. The van der Waals surface area contributed by atoms with Gasteiger partial charge in [0.25, 0.3) is 0 Å². The minimum Gasteiger partial charge on any atom is -0.493 e. The van der Waals surface area contributed by atoms with Gasteiger partial charge in [-0.05, 0) is 55.9 Å². The van der Waals surface area contributed by atoms with E-state index in [-0.39, 0.29) is 11.3 Å². The van der Waals surface area contributed by atoms with Gasteiger partial charge in [-0.3, -0.25) is 10.1 Å². The second-order valence-electron chi connectivity index (χ2n) is 11.2. The molecule has 2 unspecified atom stereocenters. The summed E-state index contributed by atoms with van der Waals surface area (Å²) in [6, 6.07) is 8.93. The van der Waals surface area contributed by atoms with Crippen molar-refractivity contribution in [3.8, 4) is 40.6 Å². The van der Waals surface area contributed by atoms with Gasteiger partial charge in [0.05, 0.1) is 53.1 Å². The monoisotopic (exact) mass is 628 g/mol. The summed E-state index contributed by atoms with van der Waals surface area (Å²) >= 11 is 0. The average Bonchev–Trinajstić information content (AvgIpc) is 3.06. The number of benzene rings is 2. The number of hydrogen-bond acceptors (Lipinski definition) is 9. The molecule has 0 radical (unpaired) electrons. The Balaban J connectivity index is 2.46. The molecule has 0 amide bonds. The molecular formula is C35H52N2O8. The van der Waals surface area contributed by atoms with Gasteiger partial charge in [0, 0.05) is 23.3 Å². The minimum absolute atomic E-state index is 0.233. The summed E-state index contributed by atoms with van der Waals surface area (Å²) in [6.07, 6.45) is 7.72. The van der Waals surface area contributed by atoms with E-state index in [0.29, 0.717) is 79.0 Å². The number of unbranched alkanes of at least 4 members (excludes halogenated alkanes) is 4. The number of ether oxygens (including phenoxy) is 6. The SMILES string of the molecule is CCCCCOc1cc(C(C#N)(CC)CCCC(Cc2ccc(OC)c(OC)c2)[N+](=O)[O-])c(OCCCCC)c(OC)c1OC. The van der Waals surface area contributed by atoms with E-state index >= 15 is 0 Å². The molecule has 0 aliphatic carbocycles. The summed E-state index contributed by atoms with van der Waals surface area (Å²) < 4.78 is 34.8. The van der Waals surface area contributed by atoms with Crippen LogP contribution in [0.3, 0.4) is 0 Å². The smallest absolute Gasteiger partial charge is 0.217 e. The molecule has 10 heteroatoms. The van der Waals surface area contributed by atoms with E-state index in [9.17, 15) is 15.4 Å². The average molecular weight is 629 g/mol. The van der Waals surface area contributed by atoms with Crippen LogP contribution in [0.2, 0.25) is 0 Å². The van der Waals surface area contributed by atoms with Crippen LogP contribution < -0.4 is 28.4 Å². The van der Waals surface area contributed by atoms with Crippen LogP contribution in [0.4, 0.5) is 0 Å². The first kappa shape index (κ1) is 37.3. The zero-order valence-electron chi connectivity index (χ0n) is 28.2. The predicted octanol–water partition coefficient (Wildman–Crippen LogP) is 8.09. The highest BCUT2D eigenvalue weighted by atomic mass is 16.6. The topological polar surface area (TPSA) is 122 Å². The Morgan fingerprint density at radius 1 is 0.800 bits per heavy atom. The van der Waals surface area contributed by atoms with Gasteiger partial charge in [-0.15, -0.1) is 0 Å². The molecule has 2 atom stereocenters. The van der Waals surface area contributed by atoms with E-state index in [4.69, 9.17) is 28.4 Å². The van der Waals surface area contributed by atoms with Gasteiger partial charge in [0.15, 0.2) is 23.0 Å². The third-order valence-corrected chi connectivity index (χ3v) is 8.26. The summed E-state index contributed by atoms with van der Waals surface area (Å²) in [5, 5.41) is 22.9. The summed E-state index contributed by atoms with van der Waals surface area (Å²) in [7, 11) is 6.20. The van der Waals surface area contributed by atoms with Crippen molar-refractivity contribution in [3.05, 3.63) is 45.5 Å². The molecular weight excluding hydrogens is 576 g/mol. The van der Waals surface area contributed by atoms with Crippen LogP contribution in [0.1, 0.15) is 96.1 Å². The predicted molar refractivity (Wildman–Crippen MR) is 175 cm³/mol. The van der Waals surface area contributed by atoms with E-state index in [1.807, 2.05) is 19.1 Å².